The quantitative estimate of drug-likeness (QED) is 0.641. The average Bonchev–Trinajstić information content (AvgIpc) is 3.36. The predicted octanol–water partition coefficient (Wildman–Crippen LogP) is 3.38. The van der Waals surface area contributed by atoms with Crippen molar-refractivity contribution in [3.63, 3.8) is 0 Å². The molecule has 0 bridgehead atoms. The van der Waals surface area contributed by atoms with Crippen molar-refractivity contribution in [2.75, 3.05) is 25.0 Å². The summed E-state index contributed by atoms with van der Waals surface area (Å²) < 4.78 is 27.9. The van der Waals surface area contributed by atoms with Crippen molar-refractivity contribution in [2.45, 2.75) is 17.7 Å². The number of aromatic nitrogens is 1. The van der Waals surface area contributed by atoms with Gasteiger partial charge in [-0.3, -0.25) is 4.79 Å². The van der Waals surface area contributed by atoms with Crippen LogP contribution in [0, 0.1) is 0 Å². The molecule has 6 nitrogen and oxygen atoms in total. The molecule has 140 valence electrons. The molecular weight excluding hydrogens is 382 g/mol. The van der Waals surface area contributed by atoms with E-state index in [-0.39, 0.29) is 17.2 Å². The number of sulfonamides is 1. The molecular formula is C19H19N3O3S2. The fourth-order valence-corrected chi connectivity index (χ4v) is 5.54. The molecule has 0 atom stereocenters. The van der Waals surface area contributed by atoms with Crippen LogP contribution in [-0.2, 0) is 10.0 Å². The smallest absolute Gasteiger partial charge is 0.243 e. The molecule has 0 unspecified atom stereocenters. The van der Waals surface area contributed by atoms with Gasteiger partial charge in [-0.1, -0.05) is 35.6 Å². The Balaban J connectivity index is 1.48. The molecule has 3 aromatic rings. The molecule has 2 aromatic carbocycles. The zero-order valence-corrected chi connectivity index (χ0v) is 16.2. The number of anilines is 1. The van der Waals surface area contributed by atoms with Crippen LogP contribution in [0.1, 0.15) is 23.2 Å². The van der Waals surface area contributed by atoms with Crippen molar-refractivity contribution >= 4 is 42.5 Å². The number of carbonyl (C=O) groups excluding carboxylic acids is 1. The standard InChI is InChI=1S/C19H19N3O3S2/c23-17(13-20-19-21-16-8-1-2-9-18(16)26-19)14-6-5-7-15(12-14)27(24,25)22-10-3-4-11-22/h1-2,5-9,12H,3-4,10-11,13H2,(H,20,21). The summed E-state index contributed by atoms with van der Waals surface area (Å²) in [5.74, 6) is -0.173. The first-order valence-electron chi connectivity index (χ1n) is 8.77. The summed E-state index contributed by atoms with van der Waals surface area (Å²) in [4.78, 5) is 17.2. The number of Topliss-reactive ketones (excluding diaryl/α,β-unsaturated/α-hetero) is 1. The second-order valence-electron chi connectivity index (χ2n) is 6.40. The number of fused-ring (bicyclic) bond motifs is 1. The van der Waals surface area contributed by atoms with Gasteiger partial charge in [-0.2, -0.15) is 4.31 Å². The van der Waals surface area contributed by atoms with Gasteiger partial charge >= 0.3 is 0 Å². The molecule has 1 aliphatic rings. The monoisotopic (exact) mass is 401 g/mol. The number of para-hydroxylation sites is 1. The van der Waals surface area contributed by atoms with Crippen molar-refractivity contribution in [3.05, 3.63) is 54.1 Å². The molecule has 2 heterocycles. The van der Waals surface area contributed by atoms with Crippen LogP contribution in [0.25, 0.3) is 10.2 Å². The van der Waals surface area contributed by atoms with Crippen LogP contribution >= 0.6 is 11.3 Å². The van der Waals surface area contributed by atoms with E-state index >= 15 is 0 Å². The number of nitrogens with zero attached hydrogens (tertiary/aromatic N) is 2. The van der Waals surface area contributed by atoms with E-state index < -0.39 is 10.0 Å². The molecule has 1 saturated heterocycles. The van der Waals surface area contributed by atoms with E-state index in [1.165, 1.54) is 21.7 Å². The van der Waals surface area contributed by atoms with Crippen molar-refractivity contribution in [1.82, 2.24) is 9.29 Å². The Morgan fingerprint density at radius 3 is 2.67 bits per heavy atom. The molecule has 27 heavy (non-hydrogen) atoms. The second kappa shape index (κ2) is 7.38. The highest BCUT2D eigenvalue weighted by Gasteiger charge is 2.27. The van der Waals surface area contributed by atoms with E-state index in [0.29, 0.717) is 23.8 Å². The summed E-state index contributed by atoms with van der Waals surface area (Å²) in [6, 6.07) is 14.0. The number of benzene rings is 2. The highest BCUT2D eigenvalue weighted by Crippen LogP contribution is 2.25. The molecule has 1 aliphatic heterocycles. The van der Waals surface area contributed by atoms with Gasteiger partial charge in [-0.15, -0.1) is 0 Å². The highest BCUT2D eigenvalue weighted by molar-refractivity contribution is 7.89. The summed E-state index contributed by atoms with van der Waals surface area (Å²) >= 11 is 1.48. The number of thiazole rings is 1. The molecule has 1 fully saturated rings. The zero-order valence-electron chi connectivity index (χ0n) is 14.6. The Hall–Kier alpha value is -2.29. The van der Waals surface area contributed by atoms with Crippen LogP contribution in [0.3, 0.4) is 0 Å². The van der Waals surface area contributed by atoms with Crippen molar-refractivity contribution in [1.29, 1.82) is 0 Å². The number of carbonyl (C=O) groups is 1. The minimum Gasteiger partial charge on any atom is -0.354 e. The van der Waals surface area contributed by atoms with Crippen LogP contribution in [0.4, 0.5) is 5.13 Å². The molecule has 0 amide bonds. The third kappa shape index (κ3) is 3.73. The Morgan fingerprint density at radius 2 is 1.89 bits per heavy atom. The number of nitrogens with one attached hydrogen (secondary N) is 1. The molecule has 1 N–H and O–H groups in total. The first-order valence-corrected chi connectivity index (χ1v) is 11.0. The normalized spacial score (nSPS) is 15.3. The molecule has 0 spiro atoms. The first-order chi connectivity index (χ1) is 13.0. The average molecular weight is 402 g/mol. The van der Waals surface area contributed by atoms with E-state index in [1.807, 2.05) is 24.3 Å². The number of rotatable bonds is 6. The Kier molecular flexibility index (Phi) is 4.94. The van der Waals surface area contributed by atoms with Gasteiger partial charge in [-0.25, -0.2) is 13.4 Å². The maximum absolute atomic E-state index is 12.7. The van der Waals surface area contributed by atoms with Crippen LogP contribution in [0.2, 0.25) is 0 Å². The van der Waals surface area contributed by atoms with Crippen molar-refractivity contribution in [2.24, 2.45) is 0 Å². The number of ketones is 1. The summed E-state index contributed by atoms with van der Waals surface area (Å²) in [7, 11) is -3.53. The second-order valence-corrected chi connectivity index (χ2v) is 9.37. The Morgan fingerprint density at radius 1 is 1.11 bits per heavy atom. The van der Waals surface area contributed by atoms with E-state index in [1.54, 1.807) is 18.2 Å². The minimum atomic E-state index is -3.53. The third-order valence-corrected chi connectivity index (χ3v) is 7.44. The number of hydrogen-bond acceptors (Lipinski definition) is 6. The lowest BCUT2D eigenvalue weighted by molar-refractivity contribution is 0.101. The molecule has 1 aromatic heterocycles. The van der Waals surface area contributed by atoms with Gasteiger partial charge in [0.15, 0.2) is 10.9 Å². The molecule has 0 saturated carbocycles. The van der Waals surface area contributed by atoms with Crippen molar-refractivity contribution < 1.29 is 13.2 Å². The fraction of sp³-hybridized carbons (Fsp3) is 0.263. The Labute approximate surface area is 161 Å². The largest absolute Gasteiger partial charge is 0.354 e. The lowest BCUT2D eigenvalue weighted by atomic mass is 10.1. The van der Waals surface area contributed by atoms with Gasteiger partial charge in [-0.05, 0) is 37.1 Å². The predicted molar refractivity (Wildman–Crippen MR) is 107 cm³/mol. The van der Waals surface area contributed by atoms with E-state index in [0.717, 1.165) is 23.1 Å². The molecule has 0 aliphatic carbocycles. The van der Waals surface area contributed by atoms with Crippen molar-refractivity contribution in [3.8, 4) is 0 Å². The minimum absolute atomic E-state index is 0.0625. The lowest BCUT2D eigenvalue weighted by Crippen LogP contribution is -2.28. The van der Waals surface area contributed by atoms with Crippen LogP contribution in [0.5, 0.6) is 0 Å². The fourth-order valence-electron chi connectivity index (χ4n) is 3.11. The van der Waals surface area contributed by atoms with E-state index in [2.05, 4.69) is 10.3 Å². The van der Waals surface area contributed by atoms with E-state index in [4.69, 9.17) is 0 Å². The first kappa shape index (κ1) is 18.1. The van der Waals surface area contributed by atoms with Gasteiger partial charge in [0.2, 0.25) is 10.0 Å². The topological polar surface area (TPSA) is 79.4 Å². The van der Waals surface area contributed by atoms with Gasteiger partial charge < -0.3 is 5.32 Å². The molecule has 8 heteroatoms. The van der Waals surface area contributed by atoms with Crippen LogP contribution in [-0.4, -0.2) is 43.1 Å². The van der Waals surface area contributed by atoms with Gasteiger partial charge in [0.05, 0.1) is 21.7 Å². The SMILES string of the molecule is O=C(CNc1nc2ccccc2s1)c1cccc(S(=O)(=O)N2CCCC2)c1. The van der Waals surface area contributed by atoms with Gasteiger partial charge in [0.25, 0.3) is 0 Å². The van der Waals surface area contributed by atoms with E-state index in [9.17, 15) is 13.2 Å². The molecule has 4 rings (SSSR count). The van der Waals surface area contributed by atoms with Crippen LogP contribution in [0.15, 0.2) is 53.4 Å². The maximum Gasteiger partial charge on any atom is 0.243 e. The van der Waals surface area contributed by atoms with Gasteiger partial charge in [0.1, 0.15) is 0 Å². The lowest BCUT2D eigenvalue weighted by Gasteiger charge is -2.15. The highest BCUT2D eigenvalue weighted by atomic mass is 32.2. The summed E-state index contributed by atoms with van der Waals surface area (Å²) in [6.07, 6.45) is 1.76. The summed E-state index contributed by atoms with van der Waals surface area (Å²) in [5, 5.41) is 3.72. The molecule has 0 radical (unpaired) electrons. The van der Waals surface area contributed by atoms with Crippen LogP contribution < -0.4 is 5.32 Å². The Bertz CT molecular complexity index is 1050. The summed E-state index contributed by atoms with van der Waals surface area (Å²) in [5.41, 5.74) is 1.26. The maximum atomic E-state index is 12.7. The third-order valence-electron chi connectivity index (χ3n) is 4.55. The van der Waals surface area contributed by atoms with Gasteiger partial charge in [0, 0.05) is 18.7 Å². The zero-order chi connectivity index (χ0) is 18.9. The number of hydrogen-bond donors (Lipinski definition) is 1. The summed E-state index contributed by atoms with van der Waals surface area (Å²) in [6.45, 7) is 1.15.